The van der Waals surface area contributed by atoms with Crippen LogP contribution >= 0.6 is 0 Å². The summed E-state index contributed by atoms with van der Waals surface area (Å²) in [5.41, 5.74) is 1.58. The van der Waals surface area contributed by atoms with Gasteiger partial charge < -0.3 is 0 Å². The molecule has 0 spiro atoms. The normalized spacial score (nSPS) is 12.2. The summed E-state index contributed by atoms with van der Waals surface area (Å²) >= 11 is 0. The summed E-state index contributed by atoms with van der Waals surface area (Å²) in [7, 11) is -4.03. The Balaban J connectivity index is 1.75. The Bertz CT molecular complexity index is 1980. The fourth-order valence-corrected chi connectivity index (χ4v) is 5.60. The Kier molecular flexibility index (Phi) is 6.32. The number of alkyl halides is 3. The molecule has 0 aliphatic rings. The van der Waals surface area contributed by atoms with Gasteiger partial charge in [0.05, 0.1) is 11.4 Å². The number of nitrogens with zero attached hydrogens (tertiary/aromatic N) is 2. The molecule has 0 fully saturated rings. The van der Waals surface area contributed by atoms with Crippen LogP contribution in [0, 0.1) is 6.92 Å². The zero-order valence-electron chi connectivity index (χ0n) is 21.6. The fourth-order valence-electron chi connectivity index (χ4n) is 5.14. The first-order valence-corrected chi connectivity index (χ1v) is 14.1. The molecule has 41 heavy (non-hydrogen) atoms. The first-order valence-electron chi connectivity index (χ1n) is 12.6. The van der Waals surface area contributed by atoms with Gasteiger partial charge in [0.25, 0.3) is 10.2 Å². The van der Waals surface area contributed by atoms with Gasteiger partial charge in [-0.15, -0.1) is 0 Å². The molecule has 5 aromatic carbocycles. The summed E-state index contributed by atoms with van der Waals surface area (Å²) < 4.78 is 71.1. The van der Waals surface area contributed by atoms with E-state index in [-0.39, 0.29) is 16.9 Å². The van der Waals surface area contributed by atoms with Crippen LogP contribution in [0.5, 0.6) is 0 Å². The number of benzene rings is 5. The van der Waals surface area contributed by atoms with Crippen molar-refractivity contribution in [1.82, 2.24) is 9.78 Å². The second-order valence-electron chi connectivity index (χ2n) is 9.74. The smallest absolute Gasteiger partial charge is 0.271 e. The lowest BCUT2D eigenvalue weighted by molar-refractivity contribution is -0.140. The van der Waals surface area contributed by atoms with Crippen molar-refractivity contribution in [1.29, 1.82) is 0 Å². The number of rotatable bonds is 5. The van der Waals surface area contributed by atoms with Gasteiger partial charge in [0, 0.05) is 22.4 Å². The largest absolute Gasteiger partial charge is 0.435 e. The minimum absolute atomic E-state index is 0.0407. The monoisotopic (exact) mass is 572 g/mol. The third-order valence-corrected chi connectivity index (χ3v) is 7.39. The molecule has 0 radical (unpaired) electrons. The van der Waals surface area contributed by atoms with Gasteiger partial charge in [-0.2, -0.15) is 26.7 Å². The zero-order valence-corrected chi connectivity index (χ0v) is 22.5. The van der Waals surface area contributed by atoms with E-state index in [4.69, 9.17) is 5.14 Å². The average molecular weight is 573 g/mol. The first kappa shape index (κ1) is 26.5. The maximum absolute atomic E-state index is 14.9. The van der Waals surface area contributed by atoms with E-state index in [1.165, 1.54) is 28.9 Å². The number of halogens is 3. The molecule has 10 heteroatoms. The van der Waals surface area contributed by atoms with Crippen LogP contribution in [0.3, 0.4) is 0 Å². The Labute approximate surface area is 234 Å². The molecule has 0 amide bonds. The fraction of sp³-hybridized carbons (Fsp3) is 0.0645. The zero-order chi connectivity index (χ0) is 28.9. The van der Waals surface area contributed by atoms with Crippen LogP contribution < -0.4 is 9.86 Å². The number of fused-ring (bicyclic) bond motifs is 2. The lowest BCUT2D eigenvalue weighted by Crippen LogP contribution is -2.21. The molecule has 0 aliphatic heterocycles. The molecular formula is C31H23F3N4O2S. The number of hydrogen-bond donors (Lipinski definition) is 2. The standard InChI is InChI=1S/C31H23F3N4O2S/c1-19-10-12-20(13-11-19)29-28(27-25-8-4-2-6-21(25)18-22-7-3-5-9-26(22)27)30(31(32,33)34)36-38(29)24-16-14-23(15-17-24)37-41(35,39)40/h2-18,37H,1H3,(H2,35,39,40). The number of nitrogens with two attached hydrogens (primary N) is 1. The van der Waals surface area contributed by atoms with Crippen molar-refractivity contribution in [2.45, 2.75) is 13.1 Å². The van der Waals surface area contributed by atoms with Crippen molar-refractivity contribution >= 4 is 37.4 Å². The van der Waals surface area contributed by atoms with Gasteiger partial charge in [0.2, 0.25) is 0 Å². The predicted molar refractivity (Wildman–Crippen MR) is 156 cm³/mol. The van der Waals surface area contributed by atoms with E-state index in [1.54, 1.807) is 24.3 Å². The Morgan fingerprint density at radius 3 is 1.88 bits per heavy atom. The van der Waals surface area contributed by atoms with E-state index >= 15 is 0 Å². The first-order chi connectivity index (χ1) is 19.5. The molecule has 3 N–H and O–H groups in total. The van der Waals surface area contributed by atoms with E-state index < -0.39 is 22.1 Å². The molecule has 0 saturated heterocycles. The molecule has 0 unspecified atom stereocenters. The summed E-state index contributed by atoms with van der Waals surface area (Å²) in [6.45, 7) is 1.90. The topological polar surface area (TPSA) is 90.0 Å². The number of hydrogen-bond acceptors (Lipinski definition) is 3. The van der Waals surface area contributed by atoms with Crippen LogP contribution in [0.4, 0.5) is 18.9 Å². The molecule has 6 aromatic rings. The minimum atomic E-state index is -4.78. The molecule has 1 aromatic heterocycles. The predicted octanol–water partition coefficient (Wildman–Crippen LogP) is 7.46. The van der Waals surface area contributed by atoms with Crippen LogP contribution in [0.1, 0.15) is 11.3 Å². The number of nitrogens with one attached hydrogen (secondary N) is 1. The van der Waals surface area contributed by atoms with Gasteiger partial charge in [-0.1, -0.05) is 78.4 Å². The van der Waals surface area contributed by atoms with Crippen LogP contribution in [0.25, 0.3) is 49.6 Å². The molecule has 6 rings (SSSR count). The van der Waals surface area contributed by atoms with Crippen molar-refractivity contribution in [3.63, 3.8) is 0 Å². The second-order valence-corrected chi connectivity index (χ2v) is 11.0. The molecule has 0 bridgehead atoms. The average Bonchev–Trinajstić information content (AvgIpc) is 3.32. The molecule has 1 heterocycles. The van der Waals surface area contributed by atoms with Gasteiger partial charge in [-0.3, -0.25) is 4.72 Å². The van der Waals surface area contributed by atoms with Gasteiger partial charge in [0.1, 0.15) is 0 Å². The molecule has 206 valence electrons. The minimum Gasteiger partial charge on any atom is -0.271 e. The SMILES string of the molecule is Cc1ccc(-c2c(-c3c4ccccc4cc4ccccc34)c(C(F)(F)F)nn2-c2ccc(NS(N)(=O)=O)cc2)cc1. The van der Waals surface area contributed by atoms with Crippen molar-refractivity contribution < 1.29 is 21.6 Å². The molecular weight excluding hydrogens is 549 g/mol. The van der Waals surface area contributed by atoms with Crippen molar-refractivity contribution in [3.8, 4) is 28.1 Å². The second kappa shape index (κ2) is 9.76. The summed E-state index contributed by atoms with van der Waals surface area (Å²) in [5, 5.41) is 12.2. The summed E-state index contributed by atoms with van der Waals surface area (Å²) in [6.07, 6.45) is -4.78. The van der Waals surface area contributed by atoms with Gasteiger partial charge >= 0.3 is 6.18 Å². The maximum atomic E-state index is 14.9. The summed E-state index contributed by atoms with van der Waals surface area (Å²) in [5.74, 6) is 0. The molecule has 0 aliphatic carbocycles. The highest BCUT2D eigenvalue weighted by atomic mass is 32.2. The lowest BCUT2D eigenvalue weighted by Gasteiger charge is -2.16. The lowest BCUT2D eigenvalue weighted by atomic mass is 9.89. The van der Waals surface area contributed by atoms with Gasteiger partial charge in [-0.05, 0) is 58.8 Å². The highest BCUT2D eigenvalue weighted by molar-refractivity contribution is 7.90. The number of anilines is 1. The highest BCUT2D eigenvalue weighted by Crippen LogP contribution is 2.48. The Hall–Kier alpha value is -4.67. The van der Waals surface area contributed by atoms with Crippen molar-refractivity contribution in [2.75, 3.05) is 4.72 Å². The van der Waals surface area contributed by atoms with E-state index in [2.05, 4.69) is 9.82 Å². The molecule has 0 saturated carbocycles. The molecule has 6 nitrogen and oxygen atoms in total. The van der Waals surface area contributed by atoms with Crippen molar-refractivity contribution in [3.05, 3.63) is 114 Å². The van der Waals surface area contributed by atoms with Crippen LogP contribution in [0.2, 0.25) is 0 Å². The van der Waals surface area contributed by atoms with Gasteiger partial charge in [-0.25, -0.2) is 9.82 Å². The Morgan fingerprint density at radius 2 is 1.34 bits per heavy atom. The molecule has 0 atom stereocenters. The maximum Gasteiger partial charge on any atom is 0.435 e. The van der Waals surface area contributed by atoms with Crippen molar-refractivity contribution in [2.24, 2.45) is 5.14 Å². The summed E-state index contributed by atoms with van der Waals surface area (Å²) in [4.78, 5) is 0. The van der Waals surface area contributed by atoms with E-state index in [0.717, 1.165) is 16.3 Å². The van der Waals surface area contributed by atoms with Gasteiger partial charge in [0.15, 0.2) is 5.69 Å². The number of aryl methyl sites for hydroxylation is 1. The third kappa shape index (κ3) is 5.03. The number of aromatic nitrogens is 2. The quantitative estimate of drug-likeness (QED) is 0.210. The van der Waals surface area contributed by atoms with E-state index in [1.807, 2.05) is 61.5 Å². The van der Waals surface area contributed by atoms with Crippen LogP contribution in [-0.2, 0) is 16.4 Å². The highest BCUT2D eigenvalue weighted by Gasteiger charge is 2.41. The van der Waals surface area contributed by atoms with E-state index in [9.17, 15) is 21.6 Å². The van der Waals surface area contributed by atoms with E-state index in [0.29, 0.717) is 27.6 Å². The van der Waals surface area contributed by atoms with Crippen LogP contribution in [0.15, 0.2) is 103 Å². The van der Waals surface area contributed by atoms with Crippen LogP contribution in [-0.4, -0.2) is 18.2 Å². The summed E-state index contributed by atoms with van der Waals surface area (Å²) in [6, 6.07) is 29.7. The Morgan fingerprint density at radius 1 is 0.780 bits per heavy atom. The third-order valence-electron chi connectivity index (χ3n) is 6.87.